The molecule has 0 unspecified atom stereocenters. The largest absolute Gasteiger partial charge is 0.497 e. The summed E-state index contributed by atoms with van der Waals surface area (Å²) < 4.78 is 15.5. The monoisotopic (exact) mass is 372 g/mol. The third kappa shape index (κ3) is 6.63. The Labute approximate surface area is 158 Å². The Kier molecular flexibility index (Phi) is 8.12. The predicted molar refractivity (Wildman–Crippen MR) is 101 cm³/mol. The number of carbonyl (C=O) groups excluding carboxylic acids is 2. The average molecular weight is 372 g/mol. The molecule has 2 N–H and O–H groups in total. The molecule has 7 heteroatoms. The zero-order valence-corrected chi connectivity index (χ0v) is 15.5. The first-order valence-corrected chi connectivity index (χ1v) is 8.56. The zero-order valence-electron chi connectivity index (χ0n) is 15.5. The van der Waals surface area contributed by atoms with Crippen LogP contribution < -0.4 is 20.1 Å². The third-order valence-electron chi connectivity index (χ3n) is 3.72. The zero-order chi connectivity index (χ0) is 19.5. The average Bonchev–Trinajstić information content (AvgIpc) is 2.71. The molecular formula is C20H24N2O5. The molecule has 0 saturated carbocycles. The number of ether oxygens (including phenoxy) is 3. The van der Waals surface area contributed by atoms with Gasteiger partial charge in [-0.1, -0.05) is 0 Å². The van der Waals surface area contributed by atoms with E-state index in [1.54, 1.807) is 62.8 Å². The van der Waals surface area contributed by atoms with E-state index >= 15 is 0 Å². The van der Waals surface area contributed by atoms with Gasteiger partial charge in [-0.3, -0.25) is 9.59 Å². The SMILES string of the molecule is COCCNC(=O)c1ccc(C(=O)NCCOc2ccc(OC)cc2)cc1. The standard InChI is InChI=1S/C20H24N2O5/c1-25-13-11-21-19(23)15-3-5-16(6-4-15)20(24)22-12-14-27-18-9-7-17(26-2)8-10-18/h3-10H,11-14H2,1-2H3,(H,21,23)(H,22,24). The van der Waals surface area contributed by atoms with Crippen molar-refractivity contribution in [2.24, 2.45) is 0 Å². The first-order valence-electron chi connectivity index (χ1n) is 8.56. The number of hydrogen-bond acceptors (Lipinski definition) is 5. The van der Waals surface area contributed by atoms with Crippen LogP contribution >= 0.6 is 0 Å². The summed E-state index contributed by atoms with van der Waals surface area (Å²) in [7, 11) is 3.17. The van der Waals surface area contributed by atoms with Crippen LogP contribution in [0.1, 0.15) is 20.7 Å². The minimum absolute atomic E-state index is 0.202. The van der Waals surface area contributed by atoms with Crippen molar-refractivity contribution in [3.63, 3.8) is 0 Å². The summed E-state index contributed by atoms with van der Waals surface area (Å²) in [6.45, 7) is 1.60. The predicted octanol–water partition coefficient (Wildman–Crippen LogP) is 1.88. The molecular weight excluding hydrogens is 348 g/mol. The molecule has 0 heterocycles. The minimum atomic E-state index is -0.223. The van der Waals surface area contributed by atoms with Crippen LogP contribution in [-0.2, 0) is 4.74 Å². The van der Waals surface area contributed by atoms with Gasteiger partial charge in [-0.25, -0.2) is 0 Å². The molecule has 0 aliphatic heterocycles. The molecule has 0 aliphatic rings. The van der Waals surface area contributed by atoms with Crippen molar-refractivity contribution in [1.82, 2.24) is 10.6 Å². The summed E-state index contributed by atoms with van der Waals surface area (Å²) >= 11 is 0. The van der Waals surface area contributed by atoms with Crippen LogP contribution in [0.2, 0.25) is 0 Å². The van der Waals surface area contributed by atoms with E-state index in [-0.39, 0.29) is 11.8 Å². The van der Waals surface area contributed by atoms with Crippen molar-refractivity contribution in [2.75, 3.05) is 40.5 Å². The molecule has 0 aliphatic carbocycles. The normalized spacial score (nSPS) is 10.1. The highest BCUT2D eigenvalue weighted by Crippen LogP contribution is 2.16. The van der Waals surface area contributed by atoms with E-state index in [9.17, 15) is 9.59 Å². The molecule has 0 spiro atoms. The van der Waals surface area contributed by atoms with Crippen LogP contribution in [0.4, 0.5) is 0 Å². The highest BCUT2D eigenvalue weighted by atomic mass is 16.5. The Morgan fingerprint density at radius 1 is 0.741 bits per heavy atom. The maximum absolute atomic E-state index is 12.1. The van der Waals surface area contributed by atoms with Gasteiger partial charge in [0.15, 0.2) is 0 Å². The van der Waals surface area contributed by atoms with Gasteiger partial charge in [0.25, 0.3) is 11.8 Å². The summed E-state index contributed by atoms with van der Waals surface area (Å²) in [4.78, 5) is 24.0. The molecule has 7 nitrogen and oxygen atoms in total. The fourth-order valence-corrected chi connectivity index (χ4v) is 2.25. The van der Waals surface area contributed by atoms with E-state index < -0.39 is 0 Å². The lowest BCUT2D eigenvalue weighted by Gasteiger charge is -2.09. The van der Waals surface area contributed by atoms with Crippen molar-refractivity contribution in [1.29, 1.82) is 0 Å². The molecule has 0 aromatic heterocycles. The van der Waals surface area contributed by atoms with Gasteiger partial charge in [0, 0.05) is 24.8 Å². The van der Waals surface area contributed by atoms with Gasteiger partial charge in [-0.05, 0) is 48.5 Å². The van der Waals surface area contributed by atoms with Gasteiger partial charge < -0.3 is 24.8 Å². The van der Waals surface area contributed by atoms with E-state index in [1.165, 1.54) is 0 Å². The maximum Gasteiger partial charge on any atom is 0.251 e. The smallest absolute Gasteiger partial charge is 0.251 e. The second kappa shape index (κ2) is 10.8. The Morgan fingerprint density at radius 3 is 1.70 bits per heavy atom. The molecule has 2 aromatic rings. The van der Waals surface area contributed by atoms with Crippen LogP contribution in [-0.4, -0.2) is 52.3 Å². The van der Waals surface area contributed by atoms with E-state index in [0.29, 0.717) is 43.2 Å². The minimum Gasteiger partial charge on any atom is -0.497 e. The molecule has 144 valence electrons. The number of carbonyl (C=O) groups is 2. The molecule has 0 radical (unpaired) electrons. The molecule has 2 rings (SSSR count). The maximum atomic E-state index is 12.1. The molecule has 2 amide bonds. The lowest BCUT2D eigenvalue weighted by molar-refractivity contribution is 0.0929. The molecule has 0 fully saturated rings. The van der Waals surface area contributed by atoms with Crippen molar-refractivity contribution in [2.45, 2.75) is 0 Å². The first-order chi connectivity index (χ1) is 13.1. The summed E-state index contributed by atoms with van der Waals surface area (Å²) in [5, 5.41) is 5.50. The summed E-state index contributed by atoms with van der Waals surface area (Å²) in [5.74, 6) is 1.03. The third-order valence-corrected chi connectivity index (χ3v) is 3.72. The van der Waals surface area contributed by atoms with Crippen LogP contribution in [0.3, 0.4) is 0 Å². The first kappa shape index (κ1) is 20.3. The van der Waals surface area contributed by atoms with Crippen LogP contribution in [0, 0.1) is 0 Å². The van der Waals surface area contributed by atoms with Crippen molar-refractivity contribution in [3.05, 3.63) is 59.7 Å². The van der Waals surface area contributed by atoms with E-state index in [1.807, 2.05) is 0 Å². The summed E-state index contributed by atoms with van der Waals surface area (Å²) in [5.41, 5.74) is 0.971. The lowest BCUT2D eigenvalue weighted by atomic mass is 10.1. The van der Waals surface area contributed by atoms with E-state index in [2.05, 4.69) is 10.6 Å². The second-order valence-corrected chi connectivity index (χ2v) is 5.61. The topological polar surface area (TPSA) is 85.9 Å². The highest BCUT2D eigenvalue weighted by molar-refractivity contribution is 5.97. The van der Waals surface area contributed by atoms with Gasteiger partial charge in [-0.2, -0.15) is 0 Å². The Hall–Kier alpha value is -3.06. The van der Waals surface area contributed by atoms with Gasteiger partial charge in [-0.15, -0.1) is 0 Å². The van der Waals surface area contributed by atoms with E-state index in [4.69, 9.17) is 14.2 Å². The Balaban J connectivity index is 1.74. The number of rotatable bonds is 10. The Morgan fingerprint density at radius 2 is 1.22 bits per heavy atom. The number of methoxy groups -OCH3 is 2. The number of amides is 2. The Bertz CT molecular complexity index is 729. The van der Waals surface area contributed by atoms with Gasteiger partial charge in [0.05, 0.1) is 20.3 Å². The number of benzene rings is 2. The fourth-order valence-electron chi connectivity index (χ4n) is 2.25. The van der Waals surface area contributed by atoms with Crippen molar-refractivity contribution < 1.29 is 23.8 Å². The van der Waals surface area contributed by atoms with Gasteiger partial charge in [0.2, 0.25) is 0 Å². The molecule has 0 saturated heterocycles. The van der Waals surface area contributed by atoms with Crippen molar-refractivity contribution >= 4 is 11.8 Å². The number of nitrogens with one attached hydrogen (secondary N) is 2. The van der Waals surface area contributed by atoms with Gasteiger partial charge in [0.1, 0.15) is 18.1 Å². The quantitative estimate of drug-likeness (QED) is 0.622. The van der Waals surface area contributed by atoms with E-state index in [0.717, 1.165) is 5.75 Å². The van der Waals surface area contributed by atoms with Gasteiger partial charge >= 0.3 is 0 Å². The van der Waals surface area contributed by atoms with Crippen LogP contribution in [0.5, 0.6) is 11.5 Å². The summed E-state index contributed by atoms with van der Waals surface area (Å²) in [6.07, 6.45) is 0. The molecule has 0 atom stereocenters. The lowest BCUT2D eigenvalue weighted by Crippen LogP contribution is -2.28. The summed E-state index contributed by atoms with van der Waals surface area (Å²) in [6, 6.07) is 13.7. The molecule has 27 heavy (non-hydrogen) atoms. The van der Waals surface area contributed by atoms with Crippen LogP contribution in [0.25, 0.3) is 0 Å². The van der Waals surface area contributed by atoms with Crippen molar-refractivity contribution in [3.8, 4) is 11.5 Å². The number of hydrogen-bond donors (Lipinski definition) is 2. The molecule has 2 aromatic carbocycles. The highest BCUT2D eigenvalue weighted by Gasteiger charge is 2.08. The second-order valence-electron chi connectivity index (χ2n) is 5.61. The molecule has 0 bridgehead atoms. The van der Waals surface area contributed by atoms with Crippen LogP contribution in [0.15, 0.2) is 48.5 Å². The fraction of sp³-hybridized carbons (Fsp3) is 0.300.